The Morgan fingerprint density at radius 3 is 2.50 bits per heavy atom. The molecule has 1 atom stereocenters. The molecular formula is C25H29N3O4S2. The molecule has 1 N–H and O–H groups in total. The zero-order valence-corrected chi connectivity index (χ0v) is 21.2. The van der Waals surface area contributed by atoms with Gasteiger partial charge in [0.25, 0.3) is 0 Å². The topological polar surface area (TPSA) is 88.6 Å². The quantitative estimate of drug-likeness (QED) is 0.446. The Labute approximate surface area is 205 Å². The van der Waals surface area contributed by atoms with Crippen LogP contribution in [-0.2, 0) is 14.8 Å². The minimum Gasteiger partial charge on any atom is -0.497 e. The van der Waals surface area contributed by atoms with E-state index in [1.807, 2.05) is 19.9 Å². The highest BCUT2D eigenvalue weighted by atomic mass is 32.2. The molecule has 0 saturated carbocycles. The number of sulfonamides is 1. The Bertz CT molecular complexity index is 1290. The summed E-state index contributed by atoms with van der Waals surface area (Å²) in [5.41, 5.74) is 2.35. The van der Waals surface area contributed by atoms with E-state index < -0.39 is 10.0 Å². The van der Waals surface area contributed by atoms with Crippen molar-refractivity contribution in [1.82, 2.24) is 9.29 Å². The minimum absolute atomic E-state index is 0.0933. The van der Waals surface area contributed by atoms with Gasteiger partial charge in [0.15, 0.2) is 0 Å². The number of nitrogens with one attached hydrogen (secondary N) is 1. The molecule has 2 aromatic carbocycles. The Morgan fingerprint density at radius 2 is 1.85 bits per heavy atom. The van der Waals surface area contributed by atoms with Crippen LogP contribution in [0, 0.1) is 6.92 Å². The maximum absolute atomic E-state index is 13.0. The van der Waals surface area contributed by atoms with E-state index in [0.29, 0.717) is 35.6 Å². The molecule has 0 unspecified atom stereocenters. The number of benzene rings is 2. The van der Waals surface area contributed by atoms with Crippen LogP contribution >= 0.6 is 11.8 Å². The monoisotopic (exact) mass is 499 g/mol. The van der Waals surface area contributed by atoms with E-state index in [2.05, 4.69) is 5.32 Å². The van der Waals surface area contributed by atoms with E-state index in [4.69, 9.17) is 9.72 Å². The molecule has 1 amide bonds. The van der Waals surface area contributed by atoms with E-state index in [-0.39, 0.29) is 11.2 Å². The summed E-state index contributed by atoms with van der Waals surface area (Å²) in [5.74, 6) is 0.635. The van der Waals surface area contributed by atoms with Crippen molar-refractivity contribution < 1.29 is 17.9 Å². The van der Waals surface area contributed by atoms with Gasteiger partial charge in [0.05, 0.1) is 27.8 Å². The van der Waals surface area contributed by atoms with Crippen molar-refractivity contribution in [3.05, 3.63) is 54.1 Å². The standard InChI is InChI=1S/C25H29N3O4S2/c1-4-23(25(29)26-18-7-9-19(32-3)10-8-18)33-24-15-17(2)21-16-20(11-12-22(21)27-24)34(30,31)28-13-5-6-14-28/h7-12,15-16,23H,4-6,13-14H2,1-3H3,(H,26,29)/t23-/m1/s1. The first-order chi connectivity index (χ1) is 16.3. The number of carbonyl (C=O) groups is 1. The normalized spacial score (nSPS) is 15.4. The number of pyridine rings is 1. The second kappa shape index (κ2) is 10.3. The number of thioether (sulfide) groups is 1. The van der Waals surface area contributed by atoms with Gasteiger partial charge in [-0.25, -0.2) is 13.4 Å². The van der Waals surface area contributed by atoms with E-state index in [1.54, 1.807) is 53.9 Å². The van der Waals surface area contributed by atoms with E-state index in [0.717, 1.165) is 34.6 Å². The highest BCUT2D eigenvalue weighted by Gasteiger charge is 2.27. The molecule has 1 aliphatic rings. The lowest BCUT2D eigenvalue weighted by Gasteiger charge is -2.17. The van der Waals surface area contributed by atoms with Gasteiger partial charge in [-0.2, -0.15) is 4.31 Å². The number of fused-ring (bicyclic) bond motifs is 1. The van der Waals surface area contributed by atoms with Crippen LogP contribution in [-0.4, -0.2) is 49.1 Å². The van der Waals surface area contributed by atoms with Crippen molar-refractivity contribution in [2.45, 2.75) is 48.3 Å². The maximum Gasteiger partial charge on any atom is 0.243 e. The number of ether oxygens (including phenoxy) is 1. The lowest BCUT2D eigenvalue weighted by atomic mass is 10.1. The molecule has 0 spiro atoms. The van der Waals surface area contributed by atoms with Crippen molar-refractivity contribution in [3.63, 3.8) is 0 Å². The first-order valence-electron chi connectivity index (χ1n) is 11.3. The first-order valence-corrected chi connectivity index (χ1v) is 13.7. The largest absolute Gasteiger partial charge is 0.497 e. The molecule has 1 aliphatic heterocycles. The van der Waals surface area contributed by atoms with Gasteiger partial charge in [-0.3, -0.25) is 4.79 Å². The lowest BCUT2D eigenvalue weighted by molar-refractivity contribution is -0.115. The predicted molar refractivity (Wildman–Crippen MR) is 136 cm³/mol. The minimum atomic E-state index is -3.49. The zero-order chi connectivity index (χ0) is 24.3. The van der Waals surface area contributed by atoms with Crippen LogP contribution in [0.1, 0.15) is 31.7 Å². The van der Waals surface area contributed by atoms with E-state index >= 15 is 0 Å². The van der Waals surface area contributed by atoms with Crippen LogP contribution in [0.4, 0.5) is 5.69 Å². The molecule has 1 saturated heterocycles. The fourth-order valence-corrected chi connectivity index (χ4v) is 6.57. The average molecular weight is 500 g/mol. The zero-order valence-electron chi connectivity index (χ0n) is 19.6. The van der Waals surface area contributed by atoms with Gasteiger partial charge in [0.2, 0.25) is 15.9 Å². The molecule has 180 valence electrons. The smallest absolute Gasteiger partial charge is 0.243 e. The third-order valence-corrected chi connectivity index (χ3v) is 9.13. The van der Waals surface area contributed by atoms with Crippen LogP contribution in [0.3, 0.4) is 0 Å². The summed E-state index contributed by atoms with van der Waals surface area (Å²) in [6, 6.07) is 14.2. The number of hydrogen-bond donors (Lipinski definition) is 1. The molecule has 4 rings (SSSR count). The number of amides is 1. The van der Waals surface area contributed by atoms with Crippen molar-refractivity contribution in [3.8, 4) is 5.75 Å². The highest BCUT2D eigenvalue weighted by molar-refractivity contribution is 8.00. The Balaban J connectivity index is 1.53. The summed E-state index contributed by atoms with van der Waals surface area (Å²) in [6.45, 7) is 5.06. The fourth-order valence-electron chi connectivity index (χ4n) is 4.01. The third-order valence-electron chi connectivity index (χ3n) is 5.95. The van der Waals surface area contributed by atoms with Crippen LogP contribution in [0.25, 0.3) is 10.9 Å². The maximum atomic E-state index is 13.0. The summed E-state index contributed by atoms with van der Waals surface area (Å²) in [4.78, 5) is 17.9. The number of aromatic nitrogens is 1. The van der Waals surface area contributed by atoms with Gasteiger partial charge in [-0.1, -0.05) is 18.7 Å². The van der Waals surface area contributed by atoms with Crippen LogP contribution in [0.5, 0.6) is 5.75 Å². The molecule has 0 radical (unpaired) electrons. The van der Waals surface area contributed by atoms with Crippen molar-refractivity contribution in [2.75, 3.05) is 25.5 Å². The average Bonchev–Trinajstić information content (AvgIpc) is 3.39. The van der Waals surface area contributed by atoms with Gasteiger partial charge in [-0.15, -0.1) is 0 Å². The van der Waals surface area contributed by atoms with Gasteiger partial charge >= 0.3 is 0 Å². The number of carbonyl (C=O) groups excluding carboxylic acids is 1. The lowest BCUT2D eigenvalue weighted by Crippen LogP contribution is -2.27. The predicted octanol–water partition coefficient (Wildman–Crippen LogP) is 4.85. The van der Waals surface area contributed by atoms with Crippen LogP contribution in [0.15, 0.2) is 58.5 Å². The SMILES string of the molecule is CC[C@@H](Sc1cc(C)c2cc(S(=O)(=O)N3CCCC3)ccc2n1)C(=O)Nc1ccc(OC)cc1. The number of aryl methyl sites for hydroxylation is 1. The van der Waals surface area contributed by atoms with Crippen LogP contribution in [0.2, 0.25) is 0 Å². The number of nitrogens with zero attached hydrogens (tertiary/aromatic N) is 2. The summed E-state index contributed by atoms with van der Waals surface area (Å²) < 4.78 is 32.6. The number of rotatable bonds is 8. The number of hydrogen-bond acceptors (Lipinski definition) is 6. The molecule has 3 aromatic rings. The van der Waals surface area contributed by atoms with E-state index in [1.165, 1.54) is 11.8 Å². The van der Waals surface area contributed by atoms with Gasteiger partial charge in [-0.05, 0) is 80.3 Å². The second-order valence-corrected chi connectivity index (χ2v) is 11.5. The summed E-state index contributed by atoms with van der Waals surface area (Å²) >= 11 is 1.41. The molecule has 7 nitrogen and oxygen atoms in total. The number of methoxy groups -OCH3 is 1. The summed E-state index contributed by atoms with van der Waals surface area (Å²) in [6.07, 6.45) is 2.44. The Kier molecular flexibility index (Phi) is 7.45. The third kappa shape index (κ3) is 5.21. The molecule has 0 bridgehead atoms. The summed E-state index contributed by atoms with van der Waals surface area (Å²) in [5, 5.41) is 4.17. The molecule has 9 heteroatoms. The molecular weight excluding hydrogens is 470 g/mol. The van der Waals surface area contributed by atoms with Gasteiger partial charge in [0, 0.05) is 24.2 Å². The molecule has 0 aliphatic carbocycles. The molecule has 2 heterocycles. The second-order valence-electron chi connectivity index (χ2n) is 8.30. The van der Waals surface area contributed by atoms with E-state index in [9.17, 15) is 13.2 Å². The Hall–Kier alpha value is -2.62. The number of anilines is 1. The molecule has 1 aromatic heterocycles. The first kappa shape index (κ1) is 24.5. The van der Waals surface area contributed by atoms with Crippen molar-refractivity contribution in [2.24, 2.45) is 0 Å². The van der Waals surface area contributed by atoms with Crippen molar-refractivity contribution in [1.29, 1.82) is 0 Å². The molecule has 1 fully saturated rings. The Morgan fingerprint density at radius 1 is 1.15 bits per heavy atom. The fraction of sp³-hybridized carbons (Fsp3) is 0.360. The highest BCUT2D eigenvalue weighted by Crippen LogP contribution is 2.31. The van der Waals surface area contributed by atoms with Crippen LogP contribution < -0.4 is 10.1 Å². The van der Waals surface area contributed by atoms with Crippen molar-refractivity contribution >= 4 is 44.3 Å². The summed E-state index contributed by atoms with van der Waals surface area (Å²) in [7, 11) is -1.89. The van der Waals surface area contributed by atoms with Gasteiger partial charge in [0.1, 0.15) is 5.75 Å². The van der Waals surface area contributed by atoms with Gasteiger partial charge < -0.3 is 10.1 Å². The molecule has 34 heavy (non-hydrogen) atoms.